The van der Waals surface area contributed by atoms with E-state index >= 15 is 0 Å². The van der Waals surface area contributed by atoms with E-state index in [-0.39, 0.29) is 51.9 Å². The highest BCUT2D eigenvalue weighted by atomic mass is 32.2. The molecule has 2 fully saturated rings. The van der Waals surface area contributed by atoms with Crippen LogP contribution in [-0.4, -0.2) is 68.0 Å². The number of pyridine rings is 1. The molecule has 2 bridgehead atoms. The molecule has 8 rings (SSSR count). The number of carbonyl (C=O) groups is 1. The Balaban J connectivity index is 1.22. The number of nitrogens with zero attached hydrogens (tertiary/aromatic N) is 7. The van der Waals surface area contributed by atoms with Gasteiger partial charge in [0.2, 0.25) is 5.91 Å². The molecule has 3 aromatic heterocycles. The van der Waals surface area contributed by atoms with Gasteiger partial charge in [-0.05, 0) is 72.9 Å². The Bertz CT molecular complexity index is 1930. The van der Waals surface area contributed by atoms with Crippen molar-refractivity contribution >= 4 is 15.7 Å². The van der Waals surface area contributed by atoms with Crippen molar-refractivity contribution < 1.29 is 22.0 Å². The molecule has 1 aliphatic heterocycles. The number of carbonyl (C=O) groups excluding carboxylic acids is 1. The lowest BCUT2D eigenvalue weighted by atomic mass is 9.47. The number of sulfone groups is 1. The maximum Gasteiger partial charge on any atom is 0.222 e. The second-order valence-electron chi connectivity index (χ2n) is 13.1. The first-order valence-electron chi connectivity index (χ1n) is 15.1. The lowest BCUT2D eigenvalue weighted by Crippen LogP contribution is -2.53. The lowest BCUT2D eigenvalue weighted by molar-refractivity contribution is -0.127. The van der Waals surface area contributed by atoms with E-state index in [1.54, 1.807) is 19.2 Å². The van der Waals surface area contributed by atoms with Crippen molar-refractivity contribution in [3.05, 3.63) is 83.2 Å². The van der Waals surface area contributed by atoms with Gasteiger partial charge in [0, 0.05) is 19.5 Å². The third-order valence-electron chi connectivity index (χ3n) is 10.0. The number of likely N-dealkylation sites (tertiary alicyclic amines) is 1. The van der Waals surface area contributed by atoms with E-state index in [0.29, 0.717) is 18.7 Å². The highest BCUT2D eigenvalue weighted by molar-refractivity contribution is 7.90. The molecule has 13 heteroatoms. The Hall–Kier alpha value is -4.13. The highest BCUT2D eigenvalue weighted by Gasteiger charge is 2.59. The van der Waals surface area contributed by atoms with E-state index in [0.717, 1.165) is 36.2 Å². The minimum absolute atomic E-state index is 0.0503. The summed E-state index contributed by atoms with van der Waals surface area (Å²) in [6, 6.07) is 10.8. The van der Waals surface area contributed by atoms with Gasteiger partial charge in [-0.15, -0.1) is 10.2 Å². The van der Waals surface area contributed by atoms with Gasteiger partial charge in [0.05, 0.1) is 33.8 Å². The summed E-state index contributed by atoms with van der Waals surface area (Å²) in [5.74, 6) is -1.10. The van der Waals surface area contributed by atoms with Crippen molar-refractivity contribution in [1.82, 2.24) is 34.8 Å². The first-order valence-corrected chi connectivity index (χ1v) is 16.9. The fourth-order valence-corrected chi connectivity index (χ4v) is 9.33. The number of hydrogen-bond donors (Lipinski definition) is 0. The highest BCUT2D eigenvalue weighted by Crippen LogP contribution is 2.64. The second-order valence-corrected chi connectivity index (χ2v) is 15.2. The van der Waals surface area contributed by atoms with Crippen LogP contribution in [0.2, 0.25) is 0 Å². The van der Waals surface area contributed by atoms with Crippen LogP contribution in [0.4, 0.5) is 8.78 Å². The van der Waals surface area contributed by atoms with Crippen molar-refractivity contribution in [2.24, 2.45) is 5.41 Å². The number of halogens is 2. The minimum atomic E-state index is -3.57. The van der Waals surface area contributed by atoms with E-state index in [2.05, 4.69) is 34.1 Å². The molecule has 4 heterocycles. The molecular formula is C32H33F2N7O3S. The SMILES string of the molecule is CN1C(=O)CCC1CS(=O)(=O)Cc1ncn(-c2cccc([C@]34CC[C@H](CC3(C)C)c3cc(-c5c(F)cccc5F)nnc34)n2)n1. The fraction of sp³-hybridized carbons (Fsp3) is 0.438. The number of fused-ring (bicyclic) bond motifs is 2. The first-order chi connectivity index (χ1) is 21.4. The summed E-state index contributed by atoms with van der Waals surface area (Å²) < 4.78 is 56.7. The average Bonchev–Trinajstić information content (AvgIpc) is 3.58. The molecular weight excluding hydrogens is 600 g/mol. The Morgan fingerprint density at radius 3 is 2.51 bits per heavy atom. The van der Waals surface area contributed by atoms with Crippen molar-refractivity contribution in [2.45, 2.75) is 69.1 Å². The van der Waals surface area contributed by atoms with E-state index in [9.17, 15) is 22.0 Å². The number of amides is 1. The summed E-state index contributed by atoms with van der Waals surface area (Å²) >= 11 is 0. The van der Waals surface area contributed by atoms with E-state index in [4.69, 9.17) is 4.98 Å². The van der Waals surface area contributed by atoms with E-state index in [1.807, 2.05) is 12.1 Å². The van der Waals surface area contributed by atoms with Gasteiger partial charge in [0.1, 0.15) is 23.7 Å². The summed E-state index contributed by atoms with van der Waals surface area (Å²) in [7, 11) is -1.94. The maximum absolute atomic E-state index is 14.7. The van der Waals surface area contributed by atoms with Crippen molar-refractivity contribution in [2.75, 3.05) is 12.8 Å². The number of hydrogen-bond acceptors (Lipinski definition) is 8. The van der Waals surface area contributed by atoms with Crippen LogP contribution in [0, 0.1) is 17.0 Å². The van der Waals surface area contributed by atoms with Gasteiger partial charge in [0.15, 0.2) is 21.5 Å². The lowest BCUT2D eigenvalue weighted by Gasteiger charge is -2.56. The molecule has 1 saturated heterocycles. The van der Waals surface area contributed by atoms with Crippen LogP contribution >= 0.6 is 0 Å². The standard InChI is InChI=1S/C32H33F2N7O3S/c1-31(2)15-19-12-13-32(31,30-21(19)14-24(37-38-30)29-22(33)6-4-7-23(29)34)25-8-5-9-27(36-25)41-18-35-26(39-41)17-45(43,44)16-20-10-11-28(42)40(20)3/h4-9,14,18-20H,10-13,15-17H2,1-3H3/t19-,20?,32+/m1/s1. The molecule has 1 aromatic carbocycles. The fourth-order valence-electron chi connectivity index (χ4n) is 7.71. The van der Waals surface area contributed by atoms with Crippen LogP contribution in [0.1, 0.15) is 74.6 Å². The first kappa shape index (κ1) is 29.6. The Labute approximate surface area is 259 Å². The van der Waals surface area contributed by atoms with Crippen molar-refractivity contribution in [1.29, 1.82) is 0 Å². The third-order valence-corrected chi connectivity index (χ3v) is 11.6. The minimum Gasteiger partial charge on any atom is -0.342 e. The molecule has 0 spiro atoms. The Kier molecular flexibility index (Phi) is 6.88. The summed E-state index contributed by atoms with van der Waals surface area (Å²) in [6.07, 6.45) is 4.79. The number of benzene rings is 1. The van der Waals surface area contributed by atoms with Gasteiger partial charge >= 0.3 is 0 Å². The zero-order chi connectivity index (χ0) is 31.7. The average molecular weight is 634 g/mol. The smallest absolute Gasteiger partial charge is 0.222 e. The second kappa shape index (κ2) is 10.5. The Morgan fingerprint density at radius 2 is 1.80 bits per heavy atom. The summed E-state index contributed by atoms with van der Waals surface area (Å²) in [5.41, 5.74) is 1.57. The van der Waals surface area contributed by atoms with E-state index < -0.39 is 26.9 Å². The zero-order valence-corrected chi connectivity index (χ0v) is 26.1. The molecule has 45 heavy (non-hydrogen) atoms. The molecule has 1 amide bonds. The summed E-state index contributed by atoms with van der Waals surface area (Å²) in [6.45, 7) is 4.38. The topological polar surface area (TPSA) is 124 Å². The normalized spacial score (nSPS) is 23.8. The monoisotopic (exact) mass is 633 g/mol. The molecule has 10 nitrogen and oxygen atoms in total. The predicted octanol–water partition coefficient (Wildman–Crippen LogP) is 4.53. The zero-order valence-electron chi connectivity index (χ0n) is 25.2. The van der Waals surface area contributed by atoms with Gasteiger partial charge in [-0.2, -0.15) is 5.10 Å². The summed E-state index contributed by atoms with van der Waals surface area (Å²) in [5, 5.41) is 13.4. The van der Waals surface area contributed by atoms with Crippen LogP contribution in [0.25, 0.3) is 17.1 Å². The van der Waals surface area contributed by atoms with Crippen LogP contribution in [0.15, 0.2) is 48.8 Å². The molecule has 0 radical (unpaired) electrons. The largest absolute Gasteiger partial charge is 0.342 e. The molecule has 4 aromatic rings. The summed E-state index contributed by atoms with van der Waals surface area (Å²) in [4.78, 5) is 22.6. The molecule has 234 valence electrons. The van der Waals surface area contributed by atoms with Gasteiger partial charge in [-0.3, -0.25) is 4.79 Å². The number of rotatable bonds is 7. The number of aromatic nitrogens is 6. The van der Waals surface area contributed by atoms with Crippen LogP contribution in [0.5, 0.6) is 0 Å². The van der Waals surface area contributed by atoms with Crippen molar-refractivity contribution in [3.63, 3.8) is 0 Å². The molecule has 1 unspecified atom stereocenters. The van der Waals surface area contributed by atoms with Gasteiger partial charge in [0.25, 0.3) is 0 Å². The maximum atomic E-state index is 14.7. The molecule has 0 N–H and O–H groups in total. The third kappa shape index (κ3) is 4.82. The van der Waals surface area contributed by atoms with Crippen molar-refractivity contribution in [3.8, 4) is 17.1 Å². The molecule has 3 atom stereocenters. The van der Waals surface area contributed by atoms with Crippen LogP contribution in [-0.2, 0) is 25.8 Å². The van der Waals surface area contributed by atoms with Gasteiger partial charge in [-0.1, -0.05) is 26.0 Å². The van der Waals surface area contributed by atoms with Crippen LogP contribution in [0.3, 0.4) is 0 Å². The quantitative estimate of drug-likeness (QED) is 0.291. The van der Waals surface area contributed by atoms with Gasteiger partial charge in [-0.25, -0.2) is 31.8 Å². The van der Waals surface area contributed by atoms with Gasteiger partial charge < -0.3 is 4.90 Å². The van der Waals surface area contributed by atoms with Crippen LogP contribution < -0.4 is 0 Å². The predicted molar refractivity (Wildman–Crippen MR) is 161 cm³/mol. The Morgan fingerprint density at radius 1 is 1.04 bits per heavy atom. The van der Waals surface area contributed by atoms with E-state index in [1.165, 1.54) is 34.1 Å². The molecule has 4 aliphatic rings. The molecule has 1 saturated carbocycles. The molecule has 3 aliphatic carbocycles.